The zero-order valence-electron chi connectivity index (χ0n) is 9.85. The molecule has 84 valence electrons. The summed E-state index contributed by atoms with van der Waals surface area (Å²) in [5, 5.41) is 6.42. The molecule has 15 heavy (non-hydrogen) atoms. The minimum atomic E-state index is -0.181. The molecule has 2 rings (SSSR count). The van der Waals surface area contributed by atoms with Crippen molar-refractivity contribution in [3.8, 4) is 0 Å². The Morgan fingerprint density at radius 2 is 2.07 bits per heavy atom. The number of aromatic nitrogens is 2. The Bertz CT molecular complexity index is 422. The summed E-state index contributed by atoms with van der Waals surface area (Å²) in [6.45, 7) is 9.18. The minimum absolute atomic E-state index is 0.122. The molecule has 1 aliphatic heterocycles. The van der Waals surface area contributed by atoms with E-state index in [-0.39, 0.29) is 11.1 Å². The lowest BCUT2D eigenvalue weighted by Gasteiger charge is -2.19. The maximum Gasteiger partial charge on any atom is 0.272 e. The molecule has 0 amide bonds. The van der Waals surface area contributed by atoms with E-state index in [2.05, 4.69) is 17.3 Å². The first-order valence-electron chi connectivity index (χ1n) is 5.48. The van der Waals surface area contributed by atoms with E-state index in [9.17, 15) is 4.79 Å². The van der Waals surface area contributed by atoms with E-state index >= 15 is 0 Å². The number of aromatic amines is 1. The molecule has 0 bridgehead atoms. The summed E-state index contributed by atoms with van der Waals surface area (Å²) in [7, 11) is 0. The number of fused-ring (bicyclic) bond motifs is 1. The van der Waals surface area contributed by atoms with Crippen LogP contribution in [-0.2, 0) is 12.0 Å². The van der Waals surface area contributed by atoms with E-state index in [0.29, 0.717) is 5.92 Å². The molecule has 1 aliphatic rings. The van der Waals surface area contributed by atoms with E-state index in [1.54, 1.807) is 4.68 Å². The number of nitrogens with one attached hydrogen (secondary N) is 2. The number of hydrogen-bond donors (Lipinski definition) is 2. The maximum absolute atomic E-state index is 12.1. The Morgan fingerprint density at radius 3 is 2.67 bits per heavy atom. The van der Waals surface area contributed by atoms with Gasteiger partial charge in [-0.25, -0.2) is 4.68 Å². The van der Waals surface area contributed by atoms with Gasteiger partial charge in [-0.05, 0) is 33.1 Å². The Balaban J connectivity index is 2.51. The van der Waals surface area contributed by atoms with E-state index in [1.807, 2.05) is 20.8 Å². The molecule has 0 spiro atoms. The van der Waals surface area contributed by atoms with Crippen molar-refractivity contribution in [1.29, 1.82) is 0 Å². The van der Waals surface area contributed by atoms with Crippen molar-refractivity contribution in [1.82, 2.24) is 9.78 Å². The number of H-pyrrole nitrogens is 1. The van der Waals surface area contributed by atoms with Gasteiger partial charge in [-0.15, -0.1) is 0 Å². The third-order valence-electron chi connectivity index (χ3n) is 2.84. The number of anilines is 1. The van der Waals surface area contributed by atoms with Gasteiger partial charge in [0.25, 0.3) is 5.56 Å². The van der Waals surface area contributed by atoms with Crippen LogP contribution in [-0.4, -0.2) is 16.3 Å². The first-order chi connectivity index (χ1) is 6.89. The first-order valence-corrected chi connectivity index (χ1v) is 5.48. The van der Waals surface area contributed by atoms with E-state index in [4.69, 9.17) is 0 Å². The summed E-state index contributed by atoms with van der Waals surface area (Å²) >= 11 is 0. The van der Waals surface area contributed by atoms with Crippen molar-refractivity contribution in [2.75, 3.05) is 11.9 Å². The Kier molecular flexibility index (Phi) is 2.17. The fraction of sp³-hybridized carbons (Fsp3) is 0.727. The molecule has 4 nitrogen and oxygen atoms in total. The fourth-order valence-electron chi connectivity index (χ4n) is 1.98. The standard InChI is InChI=1S/C11H19N3O/c1-7-5-8-9(12-6-7)13-14(10(8)15)11(2,3)4/h7,12-13H,5-6H2,1-4H3. The molecule has 0 radical (unpaired) electrons. The highest BCUT2D eigenvalue weighted by Crippen LogP contribution is 2.21. The topological polar surface area (TPSA) is 49.8 Å². The van der Waals surface area contributed by atoms with Crippen LogP contribution in [0.25, 0.3) is 0 Å². The van der Waals surface area contributed by atoms with E-state index in [1.165, 1.54) is 0 Å². The molecule has 1 unspecified atom stereocenters. The number of rotatable bonds is 0. The Labute approximate surface area is 89.7 Å². The van der Waals surface area contributed by atoms with E-state index in [0.717, 1.165) is 24.3 Å². The van der Waals surface area contributed by atoms with Crippen LogP contribution in [0.2, 0.25) is 0 Å². The highest BCUT2D eigenvalue weighted by Gasteiger charge is 2.25. The molecule has 1 aromatic heterocycles. The summed E-state index contributed by atoms with van der Waals surface area (Å²) in [4.78, 5) is 12.1. The van der Waals surface area contributed by atoms with Gasteiger partial charge in [0.2, 0.25) is 0 Å². The van der Waals surface area contributed by atoms with Gasteiger partial charge in [0.15, 0.2) is 0 Å². The van der Waals surface area contributed by atoms with E-state index < -0.39 is 0 Å². The lowest BCUT2D eigenvalue weighted by Crippen LogP contribution is -2.33. The summed E-state index contributed by atoms with van der Waals surface area (Å²) in [5.74, 6) is 1.45. The molecule has 0 fully saturated rings. The molecule has 1 atom stereocenters. The zero-order chi connectivity index (χ0) is 11.2. The average Bonchev–Trinajstić information content (AvgIpc) is 2.43. The predicted octanol–water partition coefficient (Wildman–Crippen LogP) is 1.54. The van der Waals surface area contributed by atoms with Gasteiger partial charge in [-0.1, -0.05) is 6.92 Å². The predicted molar refractivity (Wildman–Crippen MR) is 61.4 cm³/mol. The lowest BCUT2D eigenvalue weighted by atomic mass is 9.99. The van der Waals surface area contributed by atoms with Gasteiger partial charge in [0.05, 0.1) is 11.1 Å². The summed E-state index contributed by atoms with van der Waals surface area (Å²) in [6, 6.07) is 0. The van der Waals surface area contributed by atoms with Crippen LogP contribution in [0.5, 0.6) is 0 Å². The molecule has 0 aromatic carbocycles. The molecular formula is C11H19N3O. The van der Waals surface area contributed by atoms with Crippen molar-refractivity contribution in [2.45, 2.75) is 39.7 Å². The van der Waals surface area contributed by atoms with Gasteiger partial charge in [0.1, 0.15) is 5.82 Å². The Hall–Kier alpha value is -1.19. The molecule has 2 N–H and O–H groups in total. The third kappa shape index (κ3) is 1.68. The van der Waals surface area contributed by atoms with Crippen LogP contribution in [0.3, 0.4) is 0 Å². The lowest BCUT2D eigenvalue weighted by molar-refractivity contribution is 0.346. The van der Waals surface area contributed by atoms with Crippen molar-refractivity contribution in [3.63, 3.8) is 0 Å². The first kappa shape index (κ1) is 10.3. The smallest absolute Gasteiger partial charge is 0.272 e. The highest BCUT2D eigenvalue weighted by molar-refractivity contribution is 5.45. The van der Waals surface area contributed by atoms with Crippen LogP contribution >= 0.6 is 0 Å². The Morgan fingerprint density at radius 1 is 1.40 bits per heavy atom. The van der Waals surface area contributed by atoms with Gasteiger partial charge in [0, 0.05) is 6.54 Å². The van der Waals surface area contributed by atoms with Crippen molar-refractivity contribution >= 4 is 5.82 Å². The van der Waals surface area contributed by atoms with Gasteiger partial charge >= 0.3 is 0 Å². The molecule has 0 aliphatic carbocycles. The SMILES string of the molecule is CC1CNc2[nH]n(C(C)(C)C)c(=O)c2C1. The summed E-state index contributed by atoms with van der Waals surface area (Å²) in [6.07, 6.45) is 0.876. The third-order valence-corrected chi connectivity index (χ3v) is 2.84. The number of hydrogen-bond acceptors (Lipinski definition) is 2. The van der Waals surface area contributed by atoms with Crippen LogP contribution < -0.4 is 10.9 Å². The quantitative estimate of drug-likeness (QED) is 0.681. The zero-order valence-corrected chi connectivity index (χ0v) is 9.85. The molecule has 2 heterocycles. The summed E-state index contributed by atoms with van der Waals surface area (Å²) in [5.41, 5.74) is 0.847. The maximum atomic E-state index is 12.1. The van der Waals surface area contributed by atoms with Gasteiger partial charge in [-0.3, -0.25) is 9.89 Å². The van der Waals surface area contributed by atoms with Crippen LogP contribution in [0, 0.1) is 5.92 Å². The second-order valence-electron chi connectivity index (χ2n) is 5.47. The minimum Gasteiger partial charge on any atom is -0.370 e. The molecular weight excluding hydrogens is 190 g/mol. The number of nitrogens with zero attached hydrogens (tertiary/aromatic N) is 1. The second-order valence-corrected chi connectivity index (χ2v) is 5.47. The van der Waals surface area contributed by atoms with Crippen molar-refractivity contribution < 1.29 is 0 Å². The van der Waals surface area contributed by atoms with Crippen LogP contribution in [0.4, 0.5) is 5.82 Å². The normalized spacial score (nSPS) is 20.9. The largest absolute Gasteiger partial charge is 0.370 e. The van der Waals surface area contributed by atoms with Gasteiger partial charge < -0.3 is 5.32 Å². The fourth-order valence-corrected chi connectivity index (χ4v) is 1.98. The molecule has 1 aromatic rings. The molecule has 4 heteroatoms. The molecule has 0 saturated carbocycles. The van der Waals surface area contributed by atoms with Crippen molar-refractivity contribution in [2.24, 2.45) is 5.92 Å². The average molecular weight is 209 g/mol. The van der Waals surface area contributed by atoms with Gasteiger partial charge in [-0.2, -0.15) is 0 Å². The second kappa shape index (κ2) is 3.15. The highest BCUT2D eigenvalue weighted by atomic mass is 16.1. The molecule has 0 saturated heterocycles. The van der Waals surface area contributed by atoms with Crippen LogP contribution in [0.1, 0.15) is 33.3 Å². The monoisotopic (exact) mass is 209 g/mol. The van der Waals surface area contributed by atoms with Crippen LogP contribution in [0.15, 0.2) is 4.79 Å². The van der Waals surface area contributed by atoms with Crippen molar-refractivity contribution in [3.05, 3.63) is 15.9 Å². The summed E-state index contributed by atoms with van der Waals surface area (Å²) < 4.78 is 1.71.